The molecule has 114 valence electrons. The predicted molar refractivity (Wildman–Crippen MR) is 85.4 cm³/mol. The highest BCUT2D eigenvalue weighted by molar-refractivity contribution is 6.30. The minimum atomic E-state index is -0.522. The van der Waals surface area contributed by atoms with Crippen molar-refractivity contribution in [1.82, 2.24) is 15.1 Å². The molecule has 2 aromatic rings. The van der Waals surface area contributed by atoms with E-state index in [1.807, 2.05) is 38.2 Å². The second kappa shape index (κ2) is 7.07. The minimum Gasteiger partial charge on any atom is -0.387 e. The first kappa shape index (κ1) is 16.0. The Bertz CT molecular complexity index is 592. The summed E-state index contributed by atoms with van der Waals surface area (Å²) in [6.45, 7) is 5.19. The molecule has 0 aliphatic heterocycles. The number of aliphatic hydroxyl groups excluding tert-OH is 1. The summed E-state index contributed by atoms with van der Waals surface area (Å²) >= 11 is 6.24. The van der Waals surface area contributed by atoms with E-state index in [1.165, 1.54) is 5.56 Å². The van der Waals surface area contributed by atoms with Crippen LogP contribution in [0.4, 0.5) is 0 Å². The van der Waals surface area contributed by atoms with Gasteiger partial charge in [-0.2, -0.15) is 5.10 Å². The van der Waals surface area contributed by atoms with Gasteiger partial charge in [0.2, 0.25) is 0 Å². The van der Waals surface area contributed by atoms with Gasteiger partial charge in [-0.3, -0.25) is 4.68 Å². The summed E-state index contributed by atoms with van der Waals surface area (Å²) in [7, 11) is 1.84. The molecule has 0 radical (unpaired) electrons. The van der Waals surface area contributed by atoms with E-state index in [0.717, 1.165) is 23.2 Å². The number of hydrogen-bond donors (Lipinski definition) is 2. The van der Waals surface area contributed by atoms with Crippen LogP contribution >= 0.6 is 11.6 Å². The zero-order valence-electron chi connectivity index (χ0n) is 12.7. The van der Waals surface area contributed by atoms with Gasteiger partial charge in [-0.05, 0) is 18.9 Å². The summed E-state index contributed by atoms with van der Waals surface area (Å²) < 4.78 is 1.69. The second-order valence-corrected chi connectivity index (χ2v) is 5.61. The molecule has 1 heterocycles. The SMILES string of the molecule is CCc1nn(C)c(Cl)c1CNCC(O)c1ccc(C)cc1. The third-order valence-electron chi connectivity index (χ3n) is 3.59. The first-order valence-electron chi connectivity index (χ1n) is 7.18. The summed E-state index contributed by atoms with van der Waals surface area (Å²) in [5.74, 6) is 0. The monoisotopic (exact) mass is 307 g/mol. The van der Waals surface area contributed by atoms with Crippen molar-refractivity contribution in [2.24, 2.45) is 7.05 Å². The molecule has 1 aromatic heterocycles. The Morgan fingerprint density at radius 3 is 2.62 bits per heavy atom. The number of benzene rings is 1. The zero-order valence-corrected chi connectivity index (χ0v) is 13.5. The van der Waals surface area contributed by atoms with Gasteiger partial charge in [0.25, 0.3) is 0 Å². The van der Waals surface area contributed by atoms with Crippen molar-refractivity contribution in [1.29, 1.82) is 0 Å². The van der Waals surface area contributed by atoms with Gasteiger partial charge in [0.15, 0.2) is 0 Å². The number of aryl methyl sites for hydroxylation is 3. The Labute approximate surface area is 130 Å². The molecule has 2 N–H and O–H groups in total. The van der Waals surface area contributed by atoms with Crippen LogP contribution in [-0.4, -0.2) is 21.4 Å². The average molecular weight is 308 g/mol. The number of nitrogens with one attached hydrogen (secondary N) is 1. The second-order valence-electron chi connectivity index (χ2n) is 5.25. The summed E-state index contributed by atoms with van der Waals surface area (Å²) in [6, 6.07) is 7.92. The predicted octanol–water partition coefficient (Wildman–Crippen LogP) is 2.77. The van der Waals surface area contributed by atoms with Gasteiger partial charge < -0.3 is 10.4 Å². The average Bonchev–Trinajstić information content (AvgIpc) is 2.75. The van der Waals surface area contributed by atoms with Crippen molar-refractivity contribution in [2.75, 3.05) is 6.54 Å². The Kier molecular flexibility index (Phi) is 5.39. The summed E-state index contributed by atoms with van der Waals surface area (Å²) in [5, 5.41) is 18.5. The fourth-order valence-corrected chi connectivity index (χ4v) is 2.51. The standard InChI is InChI=1S/C16H22ClN3O/c1-4-14-13(16(17)20(3)19-14)9-18-10-15(21)12-7-5-11(2)6-8-12/h5-8,15,18,21H,4,9-10H2,1-3H3. The number of aliphatic hydroxyl groups is 1. The Morgan fingerprint density at radius 2 is 2.00 bits per heavy atom. The van der Waals surface area contributed by atoms with Crippen molar-refractivity contribution in [3.05, 3.63) is 51.8 Å². The van der Waals surface area contributed by atoms with E-state index >= 15 is 0 Å². The first-order chi connectivity index (χ1) is 10.0. The highest BCUT2D eigenvalue weighted by atomic mass is 35.5. The highest BCUT2D eigenvalue weighted by Gasteiger charge is 2.13. The number of aromatic nitrogens is 2. The number of nitrogens with zero attached hydrogens (tertiary/aromatic N) is 2. The minimum absolute atomic E-state index is 0.484. The fraction of sp³-hybridized carbons (Fsp3) is 0.438. The van der Waals surface area contributed by atoms with E-state index in [9.17, 15) is 5.11 Å². The van der Waals surface area contributed by atoms with E-state index in [4.69, 9.17) is 11.6 Å². The lowest BCUT2D eigenvalue weighted by atomic mass is 10.1. The van der Waals surface area contributed by atoms with Crippen LogP contribution in [0.1, 0.15) is 35.4 Å². The van der Waals surface area contributed by atoms with Crippen LogP contribution in [0.3, 0.4) is 0 Å². The van der Waals surface area contributed by atoms with Crippen LogP contribution in [0.2, 0.25) is 5.15 Å². The van der Waals surface area contributed by atoms with Gasteiger partial charge in [-0.25, -0.2) is 0 Å². The third-order valence-corrected chi connectivity index (χ3v) is 4.06. The van der Waals surface area contributed by atoms with E-state index in [-0.39, 0.29) is 0 Å². The normalized spacial score (nSPS) is 12.6. The molecule has 5 heteroatoms. The lowest BCUT2D eigenvalue weighted by molar-refractivity contribution is 0.174. The van der Waals surface area contributed by atoms with Crippen LogP contribution < -0.4 is 5.32 Å². The lowest BCUT2D eigenvalue weighted by Gasteiger charge is -2.12. The molecule has 0 aliphatic carbocycles. The lowest BCUT2D eigenvalue weighted by Crippen LogP contribution is -2.21. The van der Waals surface area contributed by atoms with Crippen molar-refractivity contribution >= 4 is 11.6 Å². The Balaban J connectivity index is 1.94. The largest absolute Gasteiger partial charge is 0.387 e. The van der Waals surface area contributed by atoms with Crippen LogP contribution in [0.5, 0.6) is 0 Å². The number of hydrogen-bond acceptors (Lipinski definition) is 3. The molecule has 0 saturated heterocycles. The van der Waals surface area contributed by atoms with E-state index < -0.39 is 6.10 Å². The molecule has 0 fully saturated rings. The number of rotatable bonds is 6. The summed E-state index contributed by atoms with van der Waals surface area (Å²) in [4.78, 5) is 0. The zero-order chi connectivity index (χ0) is 15.4. The van der Waals surface area contributed by atoms with Gasteiger partial charge in [-0.1, -0.05) is 48.4 Å². The van der Waals surface area contributed by atoms with Crippen LogP contribution in [0.25, 0.3) is 0 Å². The summed E-state index contributed by atoms with van der Waals surface area (Å²) in [6.07, 6.45) is 0.323. The molecule has 1 unspecified atom stereocenters. The van der Waals surface area contributed by atoms with Crippen molar-refractivity contribution in [3.8, 4) is 0 Å². The van der Waals surface area contributed by atoms with Crippen LogP contribution in [0, 0.1) is 6.92 Å². The maximum absolute atomic E-state index is 10.2. The maximum Gasteiger partial charge on any atom is 0.131 e. The van der Waals surface area contributed by atoms with Gasteiger partial charge >= 0.3 is 0 Å². The Hall–Kier alpha value is -1.36. The summed E-state index contributed by atoms with van der Waals surface area (Å²) in [5.41, 5.74) is 4.12. The molecule has 4 nitrogen and oxygen atoms in total. The molecule has 21 heavy (non-hydrogen) atoms. The fourth-order valence-electron chi connectivity index (χ4n) is 2.30. The van der Waals surface area contributed by atoms with E-state index in [0.29, 0.717) is 18.2 Å². The Morgan fingerprint density at radius 1 is 1.33 bits per heavy atom. The van der Waals surface area contributed by atoms with Crippen molar-refractivity contribution in [3.63, 3.8) is 0 Å². The number of halogens is 1. The quantitative estimate of drug-likeness (QED) is 0.863. The van der Waals surface area contributed by atoms with Gasteiger partial charge in [0, 0.05) is 25.7 Å². The molecular formula is C16H22ClN3O. The van der Waals surface area contributed by atoms with Crippen molar-refractivity contribution < 1.29 is 5.11 Å². The molecule has 0 saturated carbocycles. The molecule has 0 aliphatic rings. The highest BCUT2D eigenvalue weighted by Crippen LogP contribution is 2.20. The maximum atomic E-state index is 10.2. The topological polar surface area (TPSA) is 50.1 Å². The van der Waals surface area contributed by atoms with Gasteiger partial charge in [-0.15, -0.1) is 0 Å². The molecule has 0 amide bonds. The van der Waals surface area contributed by atoms with Gasteiger partial charge in [0.1, 0.15) is 5.15 Å². The first-order valence-corrected chi connectivity index (χ1v) is 7.56. The molecule has 2 rings (SSSR count). The molecule has 0 bridgehead atoms. The molecular weight excluding hydrogens is 286 g/mol. The molecule has 0 spiro atoms. The third kappa shape index (κ3) is 3.84. The molecule has 1 atom stereocenters. The smallest absolute Gasteiger partial charge is 0.131 e. The van der Waals surface area contributed by atoms with E-state index in [1.54, 1.807) is 4.68 Å². The van der Waals surface area contributed by atoms with E-state index in [2.05, 4.69) is 17.3 Å². The van der Waals surface area contributed by atoms with Crippen LogP contribution in [-0.2, 0) is 20.0 Å². The van der Waals surface area contributed by atoms with Crippen LogP contribution in [0.15, 0.2) is 24.3 Å². The van der Waals surface area contributed by atoms with Crippen molar-refractivity contribution in [2.45, 2.75) is 32.9 Å². The van der Waals surface area contributed by atoms with Gasteiger partial charge in [0.05, 0.1) is 11.8 Å². The molecule has 1 aromatic carbocycles.